The summed E-state index contributed by atoms with van der Waals surface area (Å²) in [5.41, 5.74) is 1.62. The standard InChI is InChI=1S/C21H27N3O2/c1-4-5-14-22-20(25)18-12-9-13-19(23-18)21(26)24(16(2)3)15-17-10-7-6-8-11-17/h6-13,16H,4-5,14-15H2,1-3H3,(H,22,25). The van der Waals surface area contributed by atoms with Gasteiger partial charge in [-0.3, -0.25) is 9.59 Å². The molecule has 0 aliphatic heterocycles. The molecule has 1 aromatic heterocycles. The minimum Gasteiger partial charge on any atom is -0.351 e. The average Bonchev–Trinajstić information content (AvgIpc) is 2.66. The number of carbonyl (C=O) groups is 2. The number of amides is 2. The Hall–Kier alpha value is -2.69. The van der Waals surface area contributed by atoms with Crippen LogP contribution in [0.15, 0.2) is 48.5 Å². The summed E-state index contributed by atoms with van der Waals surface area (Å²) in [6, 6.07) is 14.9. The van der Waals surface area contributed by atoms with Crippen molar-refractivity contribution in [1.82, 2.24) is 15.2 Å². The van der Waals surface area contributed by atoms with E-state index >= 15 is 0 Å². The molecule has 0 unspecified atom stereocenters. The maximum atomic E-state index is 13.0. The van der Waals surface area contributed by atoms with Gasteiger partial charge in [-0.15, -0.1) is 0 Å². The Labute approximate surface area is 155 Å². The van der Waals surface area contributed by atoms with Crippen LogP contribution in [0.5, 0.6) is 0 Å². The van der Waals surface area contributed by atoms with E-state index in [0.717, 1.165) is 18.4 Å². The Morgan fingerprint density at radius 2 is 1.73 bits per heavy atom. The number of aromatic nitrogens is 1. The lowest BCUT2D eigenvalue weighted by molar-refractivity contribution is 0.0684. The van der Waals surface area contributed by atoms with E-state index in [1.54, 1.807) is 23.1 Å². The number of pyridine rings is 1. The second kappa shape index (κ2) is 9.70. The normalized spacial score (nSPS) is 10.6. The van der Waals surface area contributed by atoms with E-state index in [0.29, 0.717) is 13.1 Å². The van der Waals surface area contributed by atoms with Crippen LogP contribution >= 0.6 is 0 Å². The van der Waals surface area contributed by atoms with E-state index in [9.17, 15) is 9.59 Å². The zero-order valence-electron chi connectivity index (χ0n) is 15.7. The third-order valence-electron chi connectivity index (χ3n) is 4.10. The Morgan fingerprint density at radius 1 is 1.04 bits per heavy atom. The fourth-order valence-electron chi connectivity index (χ4n) is 2.57. The molecule has 0 fully saturated rings. The van der Waals surface area contributed by atoms with Gasteiger partial charge in [0.05, 0.1) is 0 Å². The quantitative estimate of drug-likeness (QED) is 0.737. The van der Waals surface area contributed by atoms with Crippen LogP contribution in [0.1, 0.15) is 60.2 Å². The fourth-order valence-corrected chi connectivity index (χ4v) is 2.57. The summed E-state index contributed by atoms with van der Waals surface area (Å²) >= 11 is 0. The van der Waals surface area contributed by atoms with Gasteiger partial charge in [0.15, 0.2) is 0 Å². The van der Waals surface area contributed by atoms with Crippen molar-refractivity contribution in [3.05, 3.63) is 65.5 Å². The zero-order valence-corrected chi connectivity index (χ0v) is 15.7. The molecule has 0 aliphatic rings. The minimum atomic E-state index is -0.243. The first-order valence-electron chi connectivity index (χ1n) is 9.13. The minimum absolute atomic E-state index is 0.0199. The Balaban J connectivity index is 2.15. The molecule has 0 saturated carbocycles. The van der Waals surface area contributed by atoms with E-state index < -0.39 is 0 Å². The molecular weight excluding hydrogens is 326 g/mol. The van der Waals surface area contributed by atoms with Crippen molar-refractivity contribution in [3.8, 4) is 0 Å². The summed E-state index contributed by atoms with van der Waals surface area (Å²) in [4.78, 5) is 31.2. The number of benzene rings is 1. The number of hydrogen-bond acceptors (Lipinski definition) is 3. The predicted molar refractivity (Wildman–Crippen MR) is 103 cm³/mol. The first-order chi connectivity index (χ1) is 12.5. The van der Waals surface area contributed by atoms with Gasteiger partial charge < -0.3 is 10.2 Å². The maximum Gasteiger partial charge on any atom is 0.273 e. The smallest absolute Gasteiger partial charge is 0.273 e. The van der Waals surface area contributed by atoms with E-state index in [2.05, 4.69) is 17.2 Å². The molecule has 0 bridgehead atoms. The van der Waals surface area contributed by atoms with E-state index in [1.165, 1.54) is 0 Å². The highest BCUT2D eigenvalue weighted by molar-refractivity contribution is 5.96. The van der Waals surface area contributed by atoms with Crippen molar-refractivity contribution in [2.75, 3.05) is 6.54 Å². The molecule has 1 aromatic carbocycles. The van der Waals surface area contributed by atoms with Crippen LogP contribution in [0.2, 0.25) is 0 Å². The molecule has 0 aliphatic carbocycles. The van der Waals surface area contributed by atoms with Crippen LogP contribution in [-0.2, 0) is 6.54 Å². The Kier molecular flexibility index (Phi) is 7.33. The van der Waals surface area contributed by atoms with Gasteiger partial charge in [0.1, 0.15) is 11.4 Å². The van der Waals surface area contributed by atoms with Crippen molar-refractivity contribution in [2.24, 2.45) is 0 Å². The predicted octanol–water partition coefficient (Wildman–Crippen LogP) is 3.66. The average molecular weight is 353 g/mol. The van der Waals surface area contributed by atoms with Crippen LogP contribution in [0.3, 0.4) is 0 Å². The summed E-state index contributed by atoms with van der Waals surface area (Å²) in [5, 5.41) is 2.83. The molecule has 5 heteroatoms. The number of nitrogens with zero attached hydrogens (tertiary/aromatic N) is 2. The highest BCUT2D eigenvalue weighted by atomic mass is 16.2. The molecular formula is C21H27N3O2. The highest BCUT2D eigenvalue weighted by Gasteiger charge is 2.21. The first-order valence-corrected chi connectivity index (χ1v) is 9.13. The number of rotatable bonds is 8. The van der Waals surface area contributed by atoms with Gasteiger partial charge in [0.2, 0.25) is 0 Å². The topological polar surface area (TPSA) is 62.3 Å². The molecule has 0 radical (unpaired) electrons. The van der Waals surface area contributed by atoms with Crippen molar-refractivity contribution in [1.29, 1.82) is 0 Å². The third kappa shape index (κ3) is 5.41. The molecule has 0 spiro atoms. The summed E-state index contributed by atoms with van der Waals surface area (Å²) in [6.45, 7) is 7.13. The second-order valence-corrected chi connectivity index (χ2v) is 6.53. The third-order valence-corrected chi connectivity index (χ3v) is 4.10. The molecule has 1 N–H and O–H groups in total. The molecule has 2 aromatic rings. The van der Waals surface area contributed by atoms with Crippen molar-refractivity contribution >= 4 is 11.8 Å². The van der Waals surface area contributed by atoms with Crippen LogP contribution in [0, 0.1) is 0 Å². The van der Waals surface area contributed by atoms with Crippen LogP contribution in [0.4, 0.5) is 0 Å². The fraction of sp³-hybridized carbons (Fsp3) is 0.381. The molecule has 0 atom stereocenters. The lowest BCUT2D eigenvalue weighted by atomic mass is 10.1. The molecule has 2 amide bonds. The summed E-state index contributed by atoms with van der Waals surface area (Å²) in [5.74, 6) is -0.417. The summed E-state index contributed by atoms with van der Waals surface area (Å²) in [7, 11) is 0. The van der Waals surface area contributed by atoms with E-state index in [1.807, 2.05) is 44.2 Å². The molecule has 2 rings (SSSR count). The van der Waals surface area contributed by atoms with Crippen molar-refractivity contribution in [2.45, 2.75) is 46.2 Å². The van der Waals surface area contributed by atoms with Crippen LogP contribution < -0.4 is 5.32 Å². The summed E-state index contributed by atoms with van der Waals surface area (Å²) < 4.78 is 0. The lowest BCUT2D eigenvalue weighted by Crippen LogP contribution is -2.37. The Bertz CT molecular complexity index is 729. The van der Waals surface area contributed by atoms with Gasteiger partial charge in [-0.25, -0.2) is 4.98 Å². The Morgan fingerprint density at radius 3 is 2.38 bits per heavy atom. The maximum absolute atomic E-state index is 13.0. The SMILES string of the molecule is CCCCNC(=O)c1cccc(C(=O)N(Cc2ccccc2)C(C)C)n1. The van der Waals surface area contributed by atoms with Gasteiger partial charge in [-0.1, -0.05) is 49.7 Å². The molecule has 0 saturated heterocycles. The molecule has 1 heterocycles. The van der Waals surface area contributed by atoms with Gasteiger partial charge >= 0.3 is 0 Å². The number of nitrogens with one attached hydrogen (secondary N) is 1. The van der Waals surface area contributed by atoms with Gasteiger partial charge in [-0.2, -0.15) is 0 Å². The van der Waals surface area contributed by atoms with Crippen LogP contribution in [0.25, 0.3) is 0 Å². The largest absolute Gasteiger partial charge is 0.351 e. The molecule has 5 nitrogen and oxygen atoms in total. The van der Waals surface area contributed by atoms with Gasteiger partial charge in [-0.05, 0) is 38.0 Å². The van der Waals surface area contributed by atoms with E-state index in [4.69, 9.17) is 0 Å². The van der Waals surface area contributed by atoms with Gasteiger partial charge in [0, 0.05) is 19.1 Å². The van der Waals surface area contributed by atoms with Gasteiger partial charge in [0.25, 0.3) is 11.8 Å². The highest BCUT2D eigenvalue weighted by Crippen LogP contribution is 2.13. The van der Waals surface area contributed by atoms with Crippen molar-refractivity contribution in [3.63, 3.8) is 0 Å². The monoisotopic (exact) mass is 353 g/mol. The van der Waals surface area contributed by atoms with Crippen molar-refractivity contribution < 1.29 is 9.59 Å². The number of unbranched alkanes of at least 4 members (excludes halogenated alkanes) is 1. The second-order valence-electron chi connectivity index (χ2n) is 6.53. The summed E-state index contributed by atoms with van der Waals surface area (Å²) in [6.07, 6.45) is 1.93. The van der Waals surface area contributed by atoms with E-state index in [-0.39, 0.29) is 29.2 Å². The molecule has 26 heavy (non-hydrogen) atoms. The number of hydrogen-bond donors (Lipinski definition) is 1. The van der Waals surface area contributed by atoms with Crippen LogP contribution in [-0.4, -0.2) is 34.3 Å². The first kappa shape index (κ1) is 19.6. The zero-order chi connectivity index (χ0) is 18.9. The molecule has 138 valence electrons. The number of carbonyl (C=O) groups excluding carboxylic acids is 2. The lowest BCUT2D eigenvalue weighted by Gasteiger charge is -2.26.